The van der Waals surface area contributed by atoms with Crippen LogP contribution in [0.4, 0.5) is 0 Å². The molecule has 0 aromatic heterocycles. The number of hydrogen-bond acceptors (Lipinski definition) is 1. The fourth-order valence-electron chi connectivity index (χ4n) is 2.60. The minimum Gasteiger partial charge on any atom is -0.380 e. The summed E-state index contributed by atoms with van der Waals surface area (Å²) in [6.07, 6.45) is 8.34. The van der Waals surface area contributed by atoms with Crippen molar-refractivity contribution in [2.75, 3.05) is 0 Å². The summed E-state index contributed by atoms with van der Waals surface area (Å²) in [5.41, 5.74) is 5.10. The highest BCUT2D eigenvalue weighted by atomic mass is 35.5. The molecule has 1 aromatic carbocycles. The lowest BCUT2D eigenvalue weighted by Gasteiger charge is -2.23. The smallest absolute Gasteiger partial charge is 0.0725 e. The molecule has 0 radical (unpaired) electrons. The summed E-state index contributed by atoms with van der Waals surface area (Å²) < 4.78 is 0. The lowest BCUT2D eigenvalue weighted by atomic mass is 9.93. The van der Waals surface area contributed by atoms with Gasteiger partial charge in [-0.3, -0.25) is 0 Å². The normalized spacial score (nSPS) is 22.1. The number of halogens is 1. The summed E-state index contributed by atoms with van der Waals surface area (Å²) in [5.74, 6) is 0. The first kappa shape index (κ1) is 10.7. The molecule has 1 aliphatic heterocycles. The van der Waals surface area contributed by atoms with Crippen molar-refractivity contribution in [2.45, 2.75) is 18.9 Å². The summed E-state index contributed by atoms with van der Waals surface area (Å²) in [6.45, 7) is 4.25. The van der Waals surface area contributed by atoms with E-state index >= 15 is 0 Å². The third-order valence-corrected chi connectivity index (χ3v) is 3.72. The minimum absolute atomic E-state index is 0.252. The molecule has 17 heavy (non-hydrogen) atoms. The molecule has 1 nitrogen and oxygen atoms in total. The molecule has 0 amide bonds. The zero-order valence-electron chi connectivity index (χ0n) is 9.54. The first-order chi connectivity index (χ1) is 8.25. The van der Waals surface area contributed by atoms with E-state index in [1.807, 2.05) is 12.3 Å². The summed E-state index contributed by atoms with van der Waals surface area (Å²) >= 11 is 6.06. The van der Waals surface area contributed by atoms with E-state index in [2.05, 4.69) is 36.2 Å². The molecule has 2 heteroatoms. The van der Waals surface area contributed by atoms with Crippen molar-refractivity contribution in [1.82, 2.24) is 5.32 Å². The van der Waals surface area contributed by atoms with Crippen LogP contribution in [0.3, 0.4) is 0 Å². The number of nitrogens with one attached hydrogen (secondary N) is 1. The third-order valence-electron chi connectivity index (χ3n) is 3.48. The number of fused-ring (bicyclic) bond motifs is 2. The quantitative estimate of drug-likeness (QED) is 0.733. The standard InChI is InChI=1S/C15H14ClN/c1-10-14-7-6-13(16)9-12(14)5-4-11-3-2-8-17-15(10)11/h2-3,6-9,15,17H,1,4-5H2. The second kappa shape index (κ2) is 4.08. The van der Waals surface area contributed by atoms with Crippen molar-refractivity contribution < 1.29 is 0 Å². The molecular formula is C15H14ClN. The lowest BCUT2D eigenvalue weighted by Crippen LogP contribution is -2.28. The Hall–Kier alpha value is -1.47. The van der Waals surface area contributed by atoms with Crippen LogP contribution in [-0.2, 0) is 6.42 Å². The van der Waals surface area contributed by atoms with E-state index in [0.29, 0.717) is 0 Å². The number of benzene rings is 1. The second-order valence-corrected chi connectivity index (χ2v) is 4.96. The molecular weight excluding hydrogens is 230 g/mol. The van der Waals surface area contributed by atoms with E-state index < -0.39 is 0 Å². The van der Waals surface area contributed by atoms with Gasteiger partial charge in [0.25, 0.3) is 0 Å². The maximum absolute atomic E-state index is 6.06. The fraction of sp³-hybridized carbons (Fsp3) is 0.200. The molecule has 1 N–H and O–H groups in total. The molecule has 1 heterocycles. The van der Waals surface area contributed by atoms with E-state index in [0.717, 1.165) is 23.4 Å². The number of dihydropyridines is 1. The van der Waals surface area contributed by atoms with E-state index in [4.69, 9.17) is 11.6 Å². The maximum Gasteiger partial charge on any atom is 0.0725 e. The average Bonchev–Trinajstić information content (AvgIpc) is 2.48. The number of hydrogen-bond donors (Lipinski definition) is 1. The summed E-state index contributed by atoms with van der Waals surface area (Å²) in [4.78, 5) is 0. The predicted octanol–water partition coefficient (Wildman–Crippen LogP) is 3.71. The molecule has 0 saturated heterocycles. The summed E-state index contributed by atoms with van der Waals surface area (Å²) in [7, 11) is 0. The summed E-state index contributed by atoms with van der Waals surface area (Å²) in [5, 5.41) is 4.19. The highest BCUT2D eigenvalue weighted by molar-refractivity contribution is 6.30. The first-order valence-corrected chi connectivity index (χ1v) is 6.23. The van der Waals surface area contributed by atoms with Gasteiger partial charge in [0, 0.05) is 5.02 Å². The highest BCUT2D eigenvalue weighted by Gasteiger charge is 2.24. The monoisotopic (exact) mass is 243 g/mol. The molecule has 0 bridgehead atoms. The Morgan fingerprint density at radius 2 is 2.18 bits per heavy atom. The Bertz CT molecular complexity index is 540. The zero-order chi connectivity index (χ0) is 11.8. The Balaban J connectivity index is 2.08. The molecule has 1 aliphatic carbocycles. The van der Waals surface area contributed by atoms with Crippen LogP contribution in [0.25, 0.3) is 5.57 Å². The molecule has 2 aliphatic rings. The van der Waals surface area contributed by atoms with Crippen LogP contribution in [0.2, 0.25) is 5.02 Å². The van der Waals surface area contributed by atoms with Crippen molar-refractivity contribution >= 4 is 17.2 Å². The summed E-state index contributed by atoms with van der Waals surface area (Å²) in [6, 6.07) is 6.34. The average molecular weight is 244 g/mol. The minimum atomic E-state index is 0.252. The Morgan fingerprint density at radius 3 is 3.06 bits per heavy atom. The molecule has 0 spiro atoms. The van der Waals surface area contributed by atoms with Gasteiger partial charge >= 0.3 is 0 Å². The molecule has 0 fully saturated rings. The van der Waals surface area contributed by atoms with Crippen molar-refractivity contribution in [3.05, 3.63) is 64.9 Å². The van der Waals surface area contributed by atoms with Crippen molar-refractivity contribution in [2.24, 2.45) is 0 Å². The molecule has 86 valence electrons. The van der Waals surface area contributed by atoms with Crippen molar-refractivity contribution in [1.29, 1.82) is 0 Å². The van der Waals surface area contributed by atoms with Gasteiger partial charge in [0.2, 0.25) is 0 Å². The van der Waals surface area contributed by atoms with Crippen LogP contribution in [-0.4, -0.2) is 6.04 Å². The highest BCUT2D eigenvalue weighted by Crippen LogP contribution is 2.34. The third kappa shape index (κ3) is 1.81. The lowest BCUT2D eigenvalue weighted by molar-refractivity contribution is 0.758. The topological polar surface area (TPSA) is 12.0 Å². The van der Waals surface area contributed by atoms with Gasteiger partial charge < -0.3 is 5.32 Å². The SMILES string of the molecule is C=C1c2ccc(Cl)cc2CCC2=CC=CNC12. The van der Waals surface area contributed by atoms with E-state index in [1.54, 1.807) is 0 Å². The predicted molar refractivity (Wildman–Crippen MR) is 73.0 cm³/mol. The van der Waals surface area contributed by atoms with Gasteiger partial charge in [0.15, 0.2) is 0 Å². The van der Waals surface area contributed by atoms with Gasteiger partial charge in [-0.25, -0.2) is 0 Å². The Labute approximate surface area is 106 Å². The van der Waals surface area contributed by atoms with Gasteiger partial charge in [-0.15, -0.1) is 0 Å². The van der Waals surface area contributed by atoms with Crippen LogP contribution in [0.5, 0.6) is 0 Å². The van der Waals surface area contributed by atoms with Crippen LogP contribution in [0, 0.1) is 0 Å². The number of rotatable bonds is 0. The van der Waals surface area contributed by atoms with Gasteiger partial charge in [-0.2, -0.15) is 0 Å². The van der Waals surface area contributed by atoms with Crippen LogP contribution in [0.1, 0.15) is 17.5 Å². The maximum atomic E-state index is 6.06. The van der Waals surface area contributed by atoms with Crippen LogP contribution < -0.4 is 5.32 Å². The van der Waals surface area contributed by atoms with Crippen molar-refractivity contribution in [3.63, 3.8) is 0 Å². The number of aryl methyl sites for hydroxylation is 1. The van der Waals surface area contributed by atoms with E-state index in [-0.39, 0.29) is 6.04 Å². The molecule has 1 aromatic rings. The van der Waals surface area contributed by atoms with Gasteiger partial charge in [-0.05, 0) is 59.5 Å². The molecule has 1 unspecified atom stereocenters. The number of allylic oxidation sites excluding steroid dienone is 2. The van der Waals surface area contributed by atoms with Crippen LogP contribution in [0.15, 0.2) is 48.7 Å². The first-order valence-electron chi connectivity index (χ1n) is 5.85. The Kier molecular flexibility index (Phi) is 2.56. The molecule has 0 saturated carbocycles. The molecule has 1 atom stereocenters. The zero-order valence-corrected chi connectivity index (χ0v) is 10.3. The van der Waals surface area contributed by atoms with E-state index in [1.165, 1.54) is 16.7 Å². The van der Waals surface area contributed by atoms with E-state index in [9.17, 15) is 0 Å². The van der Waals surface area contributed by atoms with Crippen LogP contribution >= 0.6 is 11.6 Å². The second-order valence-electron chi connectivity index (χ2n) is 4.53. The largest absolute Gasteiger partial charge is 0.380 e. The molecule has 3 rings (SSSR count). The van der Waals surface area contributed by atoms with Gasteiger partial charge in [-0.1, -0.05) is 30.3 Å². The fourth-order valence-corrected chi connectivity index (χ4v) is 2.79. The van der Waals surface area contributed by atoms with Gasteiger partial charge in [0.05, 0.1) is 6.04 Å². The van der Waals surface area contributed by atoms with Gasteiger partial charge in [0.1, 0.15) is 0 Å². The Morgan fingerprint density at radius 1 is 1.29 bits per heavy atom. The van der Waals surface area contributed by atoms with Crippen molar-refractivity contribution in [3.8, 4) is 0 Å².